The van der Waals surface area contributed by atoms with Crippen LogP contribution in [-0.2, 0) is 11.3 Å². The number of anilines is 2. The Balaban J connectivity index is 1.27. The van der Waals surface area contributed by atoms with E-state index in [4.69, 9.17) is 0 Å². The number of hydrogen-bond donors (Lipinski definition) is 3. The largest absolute Gasteiger partial charge is 0.337 e. The molecule has 2 saturated heterocycles. The van der Waals surface area contributed by atoms with Crippen LogP contribution in [0.15, 0.2) is 40.5 Å². The maximum absolute atomic E-state index is 12.1. The van der Waals surface area contributed by atoms with E-state index in [-0.39, 0.29) is 11.9 Å². The number of fused-ring (bicyclic) bond motifs is 2. The van der Waals surface area contributed by atoms with Crippen LogP contribution in [0.2, 0.25) is 0 Å². The molecule has 0 atom stereocenters. The maximum Gasteiger partial charge on any atom is 0.322 e. The highest BCUT2D eigenvalue weighted by Gasteiger charge is 2.47. The van der Waals surface area contributed by atoms with Crippen LogP contribution in [0.5, 0.6) is 0 Å². The Bertz CT molecular complexity index is 941. The lowest BCUT2D eigenvalue weighted by Gasteiger charge is -2.37. The fourth-order valence-corrected chi connectivity index (χ4v) is 4.69. The van der Waals surface area contributed by atoms with E-state index in [2.05, 4.69) is 49.0 Å². The van der Waals surface area contributed by atoms with Crippen LogP contribution in [0.1, 0.15) is 18.4 Å². The van der Waals surface area contributed by atoms with E-state index in [1.54, 1.807) is 24.2 Å². The molecule has 3 N–H and O–H groups in total. The van der Waals surface area contributed by atoms with E-state index >= 15 is 0 Å². The first kappa shape index (κ1) is 16.5. The summed E-state index contributed by atoms with van der Waals surface area (Å²) in [6, 6.07) is 6.00. The number of likely N-dealkylation sites (tertiary alicyclic amines) is 1. The van der Waals surface area contributed by atoms with E-state index in [9.17, 15) is 9.59 Å². The number of imide groups is 1. The fraction of sp³-hybridized carbons (Fsp3) is 0.333. The van der Waals surface area contributed by atoms with Gasteiger partial charge in [0.05, 0.1) is 5.69 Å². The molecule has 3 amide bonds. The standard InChI is InChI=1S/C18H18N6O2S/c25-16-18(23-17(26)22-16)3-7-24(8-4-18)10-11-1-2-13-12(9-11)21-14-15(27-13)20-6-5-19-14/h1-2,5-6,9H,3-4,7-8,10H2,(H,19,21)(H2,22,23,25,26). The highest BCUT2D eigenvalue weighted by molar-refractivity contribution is 7.99. The molecule has 27 heavy (non-hydrogen) atoms. The Hall–Kier alpha value is -2.65. The number of benzene rings is 1. The fourth-order valence-electron chi connectivity index (χ4n) is 3.81. The molecule has 1 aromatic heterocycles. The zero-order chi connectivity index (χ0) is 18.4. The van der Waals surface area contributed by atoms with Crippen LogP contribution in [0.25, 0.3) is 0 Å². The molecular formula is C18H18N6O2S. The predicted octanol–water partition coefficient (Wildman–Crippen LogP) is 1.86. The molecule has 5 rings (SSSR count). The smallest absolute Gasteiger partial charge is 0.322 e. The highest BCUT2D eigenvalue weighted by atomic mass is 32.2. The van der Waals surface area contributed by atoms with Crippen molar-refractivity contribution in [3.63, 3.8) is 0 Å². The molecule has 4 heterocycles. The lowest BCUT2D eigenvalue weighted by Crippen LogP contribution is -2.54. The third kappa shape index (κ3) is 2.92. The summed E-state index contributed by atoms with van der Waals surface area (Å²) in [4.78, 5) is 35.6. The predicted molar refractivity (Wildman–Crippen MR) is 99.8 cm³/mol. The molecule has 0 bridgehead atoms. The van der Waals surface area contributed by atoms with Gasteiger partial charge in [0.15, 0.2) is 5.82 Å². The third-order valence-corrected chi connectivity index (χ3v) is 6.37. The van der Waals surface area contributed by atoms with Gasteiger partial charge < -0.3 is 10.6 Å². The number of hydrogen-bond acceptors (Lipinski definition) is 7. The molecule has 3 aliphatic heterocycles. The number of rotatable bonds is 2. The lowest BCUT2D eigenvalue weighted by atomic mass is 9.87. The van der Waals surface area contributed by atoms with Gasteiger partial charge in [-0.05, 0) is 30.5 Å². The van der Waals surface area contributed by atoms with Crippen molar-refractivity contribution in [1.29, 1.82) is 0 Å². The first-order valence-corrected chi connectivity index (χ1v) is 9.68. The number of amides is 3. The van der Waals surface area contributed by atoms with Crippen LogP contribution in [0, 0.1) is 0 Å². The number of nitrogens with one attached hydrogen (secondary N) is 3. The molecule has 0 saturated carbocycles. The van der Waals surface area contributed by atoms with Gasteiger partial charge in [0.2, 0.25) is 0 Å². The van der Waals surface area contributed by atoms with Gasteiger partial charge in [0.25, 0.3) is 5.91 Å². The van der Waals surface area contributed by atoms with E-state index in [1.165, 1.54) is 5.56 Å². The summed E-state index contributed by atoms with van der Waals surface area (Å²) in [6.07, 6.45) is 4.64. The minimum Gasteiger partial charge on any atom is -0.337 e. The van der Waals surface area contributed by atoms with Gasteiger partial charge in [0.1, 0.15) is 10.6 Å². The van der Waals surface area contributed by atoms with Crippen molar-refractivity contribution in [3.05, 3.63) is 36.2 Å². The summed E-state index contributed by atoms with van der Waals surface area (Å²) in [5, 5.41) is 9.40. The van der Waals surface area contributed by atoms with Crippen LogP contribution >= 0.6 is 11.8 Å². The van der Waals surface area contributed by atoms with Gasteiger partial charge in [-0.1, -0.05) is 17.8 Å². The van der Waals surface area contributed by atoms with Gasteiger partial charge >= 0.3 is 6.03 Å². The molecule has 1 spiro atoms. The lowest BCUT2D eigenvalue weighted by molar-refractivity contribution is -0.125. The second-order valence-electron chi connectivity index (χ2n) is 7.03. The second kappa shape index (κ2) is 6.21. The van der Waals surface area contributed by atoms with Crippen molar-refractivity contribution in [2.45, 2.75) is 34.8 Å². The molecule has 2 fully saturated rings. The van der Waals surface area contributed by atoms with E-state index < -0.39 is 5.54 Å². The summed E-state index contributed by atoms with van der Waals surface area (Å²) in [6.45, 7) is 2.33. The first-order valence-electron chi connectivity index (χ1n) is 8.86. The Morgan fingerprint density at radius 1 is 1.11 bits per heavy atom. The van der Waals surface area contributed by atoms with Crippen LogP contribution in [0.4, 0.5) is 16.3 Å². The monoisotopic (exact) mass is 382 g/mol. The van der Waals surface area contributed by atoms with Crippen LogP contribution < -0.4 is 16.0 Å². The van der Waals surface area contributed by atoms with Crippen molar-refractivity contribution in [3.8, 4) is 0 Å². The van der Waals surface area contributed by atoms with E-state index in [1.807, 2.05) is 0 Å². The number of carbonyl (C=O) groups excluding carboxylic acids is 2. The Morgan fingerprint density at radius 3 is 2.70 bits per heavy atom. The first-order chi connectivity index (χ1) is 13.1. The van der Waals surface area contributed by atoms with Crippen molar-refractivity contribution >= 4 is 35.2 Å². The molecule has 2 aromatic rings. The zero-order valence-electron chi connectivity index (χ0n) is 14.5. The number of nitrogens with zero attached hydrogens (tertiary/aromatic N) is 3. The molecule has 9 heteroatoms. The van der Waals surface area contributed by atoms with Gasteiger partial charge in [0, 0.05) is 36.9 Å². The van der Waals surface area contributed by atoms with Crippen molar-refractivity contribution < 1.29 is 9.59 Å². The molecule has 0 unspecified atom stereocenters. The minimum absolute atomic E-state index is 0.193. The van der Waals surface area contributed by atoms with E-state index in [0.29, 0.717) is 12.8 Å². The van der Waals surface area contributed by atoms with Crippen molar-refractivity contribution in [2.24, 2.45) is 0 Å². The summed E-state index contributed by atoms with van der Waals surface area (Å²) in [7, 11) is 0. The molecule has 3 aliphatic rings. The van der Waals surface area contributed by atoms with Crippen LogP contribution in [-0.4, -0.2) is 45.4 Å². The third-order valence-electron chi connectivity index (χ3n) is 5.30. The zero-order valence-corrected chi connectivity index (χ0v) is 15.3. The molecule has 0 aliphatic carbocycles. The highest BCUT2D eigenvalue weighted by Crippen LogP contribution is 2.42. The van der Waals surface area contributed by atoms with Gasteiger partial charge in [-0.3, -0.25) is 15.0 Å². The number of piperidine rings is 1. The van der Waals surface area contributed by atoms with Gasteiger partial charge in [-0.15, -0.1) is 0 Å². The van der Waals surface area contributed by atoms with Crippen molar-refractivity contribution in [1.82, 2.24) is 25.5 Å². The molecule has 1 aromatic carbocycles. The SMILES string of the molecule is O=C1NC(=O)C2(CCN(Cc3ccc4c(c3)Nc3nccnc3S4)CC2)N1. The maximum atomic E-state index is 12.1. The van der Waals surface area contributed by atoms with Gasteiger partial charge in [-0.25, -0.2) is 14.8 Å². The molecule has 0 radical (unpaired) electrons. The summed E-state index contributed by atoms with van der Waals surface area (Å²) >= 11 is 1.62. The van der Waals surface area contributed by atoms with Gasteiger partial charge in [-0.2, -0.15) is 0 Å². The number of carbonyl (C=O) groups is 2. The average molecular weight is 382 g/mol. The Kier molecular flexibility index (Phi) is 3.80. The quantitative estimate of drug-likeness (QED) is 0.582. The Morgan fingerprint density at radius 2 is 1.93 bits per heavy atom. The topological polar surface area (TPSA) is 99.3 Å². The summed E-state index contributed by atoms with van der Waals surface area (Å²) in [5.41, 5.74) is 1.52. The van der Waals surface area contributed by atoms with Crippen molar-refractivity contribution in [2.75, 3.05) is 18.4 Å². The molecule has 138 valence electrons. The molecular weight excluding hydrogens is 364 g/mol. The number of aromatic nitrogens is 2. The normalized spacial score (nSPS) is 20.4. The minimum atomic E-state index is -0.718. The van der Waals surface area contributed by atoms with E-state index in [0.717, 1.165) is 41.1 Å². The summed E-state index contributed by atoms with van der Waals surface area (Å²) in [5.74, 6) is 0.594. The molecule has 8 nitrogen and oxygen atoms in total. The Labute approximate surface area is 160 Å². The number of urea groups is 1. The summed E-state index contributed by atoms with van der Waals surface area (Å²) < 4.78 is 0. The van der Waals surface area contributed by atoms with Crippen LogP contribution in [0.3, 0.4) is 0 Å². The second-order valence-corrected chi connectivity index (χ2v) is 8.06. The average Bonchev–Trinajstić information content (AvgIpc) is 2.95.